The van der Waals surface area contributed by atoms with E-state index in [4.69, 9.17) is 10.2 Å². The van der Waals surface area contributed by atoms with E-state index < -0.39 is 34.1 Å². The van der Waals surface area contributed by atoms with Crippen LogP contribution in [0.2, 0.25) is 0 Å². The Hall–Kier alpha value is -2.62. The first-order chi connectivity index (χ1) is 11.7. The minimum atomic E-state index is -1.16. The van der Waals surface area contributed by atoms with Gasteiger partial charge in [0.2, 0.25) is 6.54 Å². The first kappa shape index (κ1) is 20.4. The molecule has 2 atom stereocenters. The quantitative estimate of drug-likeness (QED) is 0.414. The number of hydrogen-bond acceptors (Lipinski definition) is 6. The molecule has 1 rings (SSSR count). The Balaban J connectivity index is 2.80. The molecule has 0 aliphatic rings. The second-order valence-electron chi connectivity index (χ2n) is 5.17. The van der Waals surface area contributed by atoms with Gasteiger partial charge in [0.25, 0.3) is 5.91 Å². The van der Waals surface area contributed by atoms with Crippen molar-refractivity contribution in [1.82, 2.24) is 5.32 Å². The van der Waals surface area contributed by atoms with Crippen molar-refractivity contribution in [1.29, 1.82) is 0 Å². The van der Waals surface area contributed by atoms with Crippen molar-refractivity contribution in [3.63, 3.8) is 0 Å². The maximum atomic E-state index is 11.9. The van der Waals surface area contributed by atoms with E-state index in [9.17, 15) is 24.5 Å². The van der Waals surface area contributed by atoms with Crippen LogP contribution in [0.4, 0.5) is 0 Å². The van der Waals surface area contributed by atoms with Crippen LogP contribution >= 0.6 is 11.8 Å². The Kier molecular flexibility index (Phi) is 7.86. The number of carbonyl (C=O) groups excluding carboxylic acids is 1. The maximum Gasteiger partial charge on any atom is 0.325 e. The highest BCUT2D eigenvalue weighted by atomic mass is 32.2. The second-order valence-corrected chi connectivity index (χ2v) is 6.48. The molecule has 0 aromatic heterocycles. The topological polar surface area (TPSA) is 147 Å². The molecule has 10 heteroatoms. The molecular weight excluding hydrogens is 352 g/mol. The monoisotopic (exact) mass is 370 g/mol. The number of nitrogens with one attached hydrogen (secondary N) is 1. The lowest BCUT2D eigenvalue weighted by molar-refractivity contribution is -0.479. The van der Waals surface area contributed by atoms with Crippen LogP contribution in [0.3, 0.4) is 0 Å². The highest BCUT2D eigenvalue weighted by Gasteiger charge is 2.20. The van der Waals surface area contributed by atoms with Crippen molar-refractivity contribution in [2.75, 3.05) is 12.3 Å². The van der Waals surface area contributed by atoms with Gasteiger partial charge in [-0.25, -0.2) is 0 Å². The normalized spacial score (nSPS) is 12.8. The predicted molar refractivity (Wildman–Crippen MR) is 90.3 cm³/mol. The van der Waals surface area contributed by atoms with E-state index in [1.54, 1.807) is 12.1 Å². The Bertz CT molecular complexity index is 648. The van der Waals surface area contributed by atoms with Crippen molar-refractivity contribution >= 4 is 29.6 Å². The molecule has 9 nitrogen and oxygen atoms in total. The summed E-state index contributed by atoms with van der Waals surface area (Å²) >= 11 is 1.16. The molecule has 0 bridgehead atoms. The Labute approximate surface area is 147 Å². The third-order valence-electron chi connectivity index (χ3n) is 3.21. The summed E-state index contributed by atoms with van der Waals surface area (Å²) in [5.41, 5.74) is 0.821. The van der Waals surface area contributed by atoms with E-state index in [1.165, 1.54) is 19.1 Å². The van der Waals surface area contributed by atoms with Crippen LogP contribution in [0, 0.1) is 10.1 Å². The van der Waals surface area contributed by atoms with Gasteiger partial charge in [-0.2, -0.15) is 0 Å². The number of carboxylic acids is 2. The first-order valence-corrected chi connectivity index (χ1v) is 8.34. The van der Waals surface area contributed by atoms with Crippen molar-refractivity contribution in [2.24, 2.45) is 0 Å². The van der Waals surface area contributed by atoms with Crippen LogP contribution in [-0.2, 0) is 9.59 Å². The van der Waals surface area contributed by atoms with Crippen LogP contribution in [0.15, 0.2) is 24.3 Å². The average Bonchev–Trinajstić information content (AvgIpc) is 2.53. The number of carbonyl (C=O) groups is 3. The Morgan fingerprint density at radius 2 is 1.84 bits per heavy atom. The van der Waals surface area contributed by atoms with Gasteiger partial charge in [-0.15, -0.1) is 11.8 Å². The lowest BCUT2D eigenvalue weighted by Crippen LogP contribution is -2.38. The molecule has 0 saturated carbocycles. The standard InChI is InChI=1S/C15H18N2O7S/c1-9(15(21)22)16-14(20)11-4-2-10(3-5-11)12(8-17(23)24)25-7-6-13(18)19/h2-5,9,12H,6-8H2,1H3,(H,16,20)(H,18,19)(H,21,22)/t9-,12-/m0/s1. The fourth-order valence-corrected chi connectivity index (χ4v) is 3.02. The number of nitro groups is 1. The number of amides is 1. The highest BCUT2D eigenvalue weighted by Crippen LogP contribution is 2.29. The SMILES string of the molecule is C[C@H](NC(=O)c1ccc([C@H](C[N+](=O)[O-])SCCC(=O)O)cc1)C(=O)O. The number of aliphatic carboxylic acids is 2. The van der Waals surface area contributed by atoms with Gasteiger partial charge in [0.15, 0.2) is 0 Å². The summed E-state index contributed by atoms with van der Waals surface area (Å²) in [5, 5.41) is 30.0. The van der Waals surface area contributed by atoms with Gasteiger partial charge in [0.1, 0.15) is 6.04 Å². The Morgan fingerprint density at radius 1 is 1.24 bits per heavy atom. The minimum absolute atomic E-state index is 0.105. The molecule has 0 saturated heterocycles. The van der Waals surface area contributed by atoms with Crippen LogP contribution in [0.1, 0.15) is 34.5 Å². The fourth-order valence-electron chi connectivity index (χ4n) is 1.87. The minimum Gasteiger partial charge on any atom is -0.481 e. The number of hydrogen-bond donors (Lipinski definition) is 3. The van der Waals surface area contributed by atoms with Crippen LogP contribution in [0.25, 0.3) is 0 Å². The van der Waals surface area contributed by atoms with Gasteiger partial charge >= 0.3 is 11.9 Å². The molecule has 1 aromatic carbocycles. The van der Waals surface area contributed by atoms with Gasteiger partial charge in [-0.3, -0.25) is 24.5 Å². The first-order valence-electron chi connectivity index (χ1n) is 7.29. The van der Waals surface area contributed by atoms with Gasteiger partial charge in [0.05, 0.1) is 11.7 Å². The third kappa shape index (κ3) is 7.21. The number of nitrogens with zero attached hydrogens (tertiary/aromatic N) is 1. The lowest BCUT2D eigenvalue weighted by atomic mass is 10.1. The summed E-state index contributed by atoms with van der Waals surface area (Å²) in [5.74, 6) is -2.48. The summed E-state index contributed by atoms with van der Waals surface area (Å²) in [6.07, 6.45) is -0.105. The van der Waals surface area contributed by atoms with Gasteiger partial charge in [-0.05, 0) is 24.6 Å². The van der Waals surface area contributed by atoms with Crippen LogP contribution < -0.4 is 5.32 Å². The summed E-state index contributed by atoms with van der Waals surface area (Å²) in [6, 6.07) is 4.94. The van der Waals surface area contributed by atoms with Crippen LogP contribution in [-0.4, -0.2) is 51.3 Å². The highest BCUT2D eigenvalue weighted by molar-refractivity contribution is 7.99. The van der Waals surface area contributed by atoms with Gasteiger partial charge in [0, 0.05) is 16.2 Å². The average molecular weight is 370 g/mol. The molecule has 25 heavy (non-hydrogen) atoms. The van der Waals surface area contributed by atoms with E-state index >= 15 is 0 Å². The van der Waals surface area contributed by atoms with Gasteiger partial charge < -0.3 is 15.5 Å². The van der Waals surface area contributed by atoms with Crippen molar-refractivity contribution in [3.05, 3.63) is 45.5 Å². The zero-order chi connectivity index (χ0) is 19.0. The molecule has 0 aliphatic carbocycles. The zero-order valence-corrected chi connectivity index (χ0v) is 14.2. The lowest BCUT2D eigenvalue weighted by Gasteiger charge is -2.14. The zero-order valence-electron chi connectivity index (χ0n) is 13.4. The predicted octanol–water partition coefficient (Wildman–Crippen LogP) is 1.42. The summed E-state index contributed by atoms with van der Waals surface area (Å²) in [4.78, 5) is 43.5. The molecule has 3 N–H and O–H groups in total. The number of carboxylic acid groups (broad SMARTS) is 2. The summed E-state index contributed by atoms with van der Waals surface area (Å²) in [6.45, 7) is 0.965. The Morgan fingerprint density at radius 3 is 2.32 bits per heavy atom. The summed E-state index contributed by atoms with van der Waals surface area (Å²) < 4.78 is 0. The molecular formula is C15H18N2O7S. The van der Waals surface area contributed by atoms with Crippen molar-refractivity contribution in [2.45, 2.75) is 24.6 Å². The molecule has 1 aromatic rings. The molecule has 0 fully saturated rings. The molecule has 1 amide bonds. The van der Waals surface area contributed by atoms with Gasteiger partial charge in [-0.1, -0.05) is 12.1 Å². The molecule has 0 aliphatic heterocycles. The maximum absolute atomic E-state index is 11.9. The van der Waals surface area contributed by atoms with E-state index in [1.807, 2.05) is 0 Å². The van der Waals surface area contributed by atoms with E-state index in [0.717, 1.165) is 11.8 Å². The van der Waals surface area contributed by atoms with Crippen LogP contribution in [0.5, 0.6) is 0 Å². The largest absolute Gasteiger partial charge is 0.481 e. The van der Waals surface area contributed by atoms with E-state index in [0.29, 0.717) is 5.56 Å². The number of benzene rings is 1. The molecule has 0 radical (unpaired) electrons. The fraction of sp³-hybridized carbons (Fsp3) is 0.400. The summed E-state index contributed by atoms with van der Waals surface area (Å²) in [7, 11) is 0. The van der Waals surface area contributed by atoms with E-state index in [-0.39, 0.29) is 24.3 Å². The molecule has 0 unspecified atom stereocenters. The smallest absolute Gasteiger partial charge is 0.325 e. The molecule has 0 spiro atoms. The number of rotatable bonds is 10. The van der Waals surface area contributed by atoms with Crippen molar-refractivity contribution in [3.8, 4) is 0 Å². The molecule has 136 valence electrons. The van der Waals surface area contributed by atoms with Crippen molar-refractivity contribution < 1.29 is 29.5 Å². The molecule has 0 heterocycles. The third-order valence-corrected chi connectivity index (χ3v) is 4.48. The number of thioether (sulfide) groups is 1. The second kappa shape index (κ2) is 9.62. The van der Waals surface area contributed by atoms with E-state index in [2.05, 4.69) is 5.32 Å².